The van der Waals surface area contributed by atoms with Crippen molar-refractivity contribution < 1.29 is 0 Å². The molecule has 0 fully saturated rings. The van der Waals surface area contributed by atoms with Crippen LogP contribution in [0.25, 0.3) is 12.2 Å². The number of hydrogen-bond acceptors (Lipinski definition) is 2. The van der Waals surface area contributed by atoms with Crippen LogP contribution in [0.1, 0.15) is 11.1 Å². The number of hydrogen-bond donors (Lipinski definition) is 0. The van der Waals surface area contributed by atoms with Crippen LogP contribution < -0.4 is 0 Å². The van der Waals surface area contributed by atoms with Gasteiger partial charge in [0.15, 0.2) is 0 Å². The van der Waals surface area contributed by atoms with Gasteiger partial charge in [-0.2, -0.15) is 5.26 Å². The molecule has 13 heavy (non-hydrogen) atoms. The minimum absolute atomic E-state index is 0.933. The molecule has 0 spiro atoms. The minimum atomic E-state index is 0.933. The summed E-state index contributed by atoms with van der Waals surface area (Å²) in [7, 11) is 0. The molecule has 0 aliphatic heterocycles. The first kappa shape index (κ1) is 9.63. The first-order valence-corrected chi connectivity index (χ1v) is 4.58. The Labute approximate surface area is 82.4 Å². The van der Waals surface area contributed by atoms with Gasteiger partial charge in [-0.3, -0.25) is 0 Å². The van der Waals surface area contributed by atoms with Crippen LogP contribution in [-0.2, 0) is 0 Å². The number of nitrogens with zero attached hydrogens (tertiary/aromatic N) is 1. The molecule has 2 heteroatoms. The SMILES string of the molecule is C=Cc1ccc(SC#N)cc1C=C. The standard InChI is InChI=1S/C11H9NS/c1-3-9-5-6-11(13-8-12)7-10(9)4-2/h3-7H,1-2H2. The summed E-state index contributed by atoms with van der Waals surface area (Å²) in [6, 6.07) is 5.76. The summed E-state index contributed by atoms with van der Waals surface area (Å²) in [5.74, 6) is 0. The topological polar surface area (TPSA) is 23.8 Å². The van der Waals surface area contributed by atoms with Crippen molar-refractivity contribution in [1.29, 1.82) is 5.26 Å². The Morgan fingerprint density at radius 3 is 2.46 bits per heavy atom. The maximum absolute atomic E-state index is 8.48. The zero-order valence-corrected chi connectivity index (χ0v) is 7.97. The molecule has 1 aromatic rings. The normalized spacial score (nSPS) is 8.85. The molecule has 0 aliphatic carbocycles. The molecule has 0 heterocycles. The third kappa shape index (κ3) is 2.24. The summed E-state index contributed by atoms with van der Waals surface area (Å²) in [5, 5.41) is 10.5. The number of thiocyanates is 1. The Morgan fingerprint density at radius 1 is 1.23 bits per heavy atom. The Kier molecular flexibility index (Phi) is 3.36. The van der Waals surface area contributed by atoms with Gasteiger partial charge in [0.2, 0.25) is 0 Å². The van der Waals surface area contributed by atoms with Crippen LogP contribution in [0.3, 0.4) is 0 Å². The van der Waals surface area contributed by atoms with Crippen LogP contribution in [0.5, 0.6) is 0 Å². The van der Waals surface area contributed by atoms with Crippen LogP contribution in [-0.4, -0.2) is 0 Å². The van der Waals surface area contributed by atoms with Gasteiger partial charge in [-0.1, -0.05) is 31.4 Å². The van der Waals surface area contributed by atoms with Gasteiger partial charge in [-0.05, 0) is 35.0 Å². The van der Waals surface area contributed by atoms with Gasteiger partial charge in [-0.25, -0.2) is 0 Å². The van der Waals surface area contributed by atoms with Crippen LogP contribution in [0, 0.1) is 10.7 Å². The molecule has 0 N–H and O–H groups in total. The number of thioether (sulfide) groups is 1. The summed E-state index contributed by atoms with van der Waals surface area (Å²) >= 11 is 1.15. The van der Waals surface area contributed by atoms with Gasteiger partial charge in [0, 0.05) is 4.90 Å². The molecule has 1 aromatic carbocycles. The lowest BCUT2D eigenvalue weighted by molar-refractivity contribution is 1.43. The van der Waals surface area contributed by atoms with Crippen LogP contribution in [0.2, 0.25) is 0 Å². The fraction of sp³-hybridized carbons (Fsp3) is 0. The average Bonchev–Trinajstić information content (AvgIpc) is 2.18. The first-order chi connectivity index (χ1) is 6.31. The van der Waals surface area contributed by atoms with Gasteiger partial charge >= 0.3 is 0 Å². The van der Waals surface area contributed by atoms with Crippen molar-refractivity contribution in [3.8, 4) is 5.40 Å². The molecule has 0 aromatic heterocycles. The van der Waals surface area contributed by atoms with Crippen molar-refractivity contribution in [3.05, 3.63) is 42.5 Å². The van der Waals surface area contributed by atoms with E-state index in [4.69, 9.17) is 5.26 Å². The minimum Gasteiger partial charge on any atom is -0.185 e. The third-order valence-corrected chi connectivity index (χ3v) is 2.24. The second kappa shape index (κ2) is 4.54. The molecule has 0 aliphatic rings. The highest BCUT2D eigenvalue weighted by Crippen LogP contribution is 2.21. The van der Waals surface area contributed by atoms with Crippen molar-refractivity contribution in [2.24, 2.45) is 0 Å². The molecule has 1 rings (SSSR count). The molecule has 0 atom stereocenters. The molecule has 1 nitrogen and oxygen atoms in total. The predicted octanol–water partition coefficient (Wildman–Crippen LogP) is 3.55. The molecule has 0 amide bonds. The molecular formula is C11H9NS. The maximum Gasteiger partial charge on any atom is 0.138 e. The lowest BCUT2D eigenvalue weighted by atomic mass is 10.1. The second-order valence-corrected chi connectivity index (χ2v) is 3.25. The Balaban J connectivity index is 3.14. The Morgan fingerprint density at radius 2 is 1.92 bits per heavy atom. The van der Waals surface area contributed by atoms with E-state index in [0.29, 0.717) is 0 Å². The monoisotopic (exact) mass is 187 g/mol. The second-order valence-electron chi connectivity index (χ2n) is 2.39. The average molecular weight is 187 g/mol. The van der Waals surface area contributed by atoms with Gasteiger partial charge in [0.1, 0.15) is 5.40 Å². The molecule has 64 valence electrons. The van der Waals surface area contributed by atoms with Gasteiger partial charge in [0.25, 0.3) is 0 Å². The lowest BCUT2D eigenvalue weighted by Gasteiger charge is -2.01. The van der Waals surface area contributed by atoms with E-state index >= 15 is 0 Å². The van der Waals surface area contributed by atoms with E-state index in [1.54, 1.807) is 12.2 Å². The highest BCUT2D eigenvalue weighted by molar-refractivity contribution is 8.03. The van der Waals surface area contributed by atoms with E-state index in [2.05, 4.69) is 13.2 Å². The highest BCUT2D eigenvalue weighted by atomic mass is 32.2. The van der Waals surface area contributed by atoms with Crippen LogP contribution in [0.4, 0.5) is 0 Å². The lowest BCUT2D eigenvalue weighted by Crippen LogP contribution is -1.80. The van der Waals surface area contributed by atoms with Gasteiger partial charge in [-0.15, -0.1) is 0 Å². The molecule has 0 saturated carbocycles. The van der Waals surface area contributed by atoms with Gasteiger partial charge in [0.05, 0.1) is 0 Å². The van der Waals surface area contributed by atoms with E-state index in [-0.39, 0.29) is 0 Å². The third-order valence-electron chi connectivity index (χ3n) is 1.66. The Hall–Kier alpha value is -1.46. The van der Waals surface area contributed by atoms with E-state index in [1.807, 2.05) is 23.6 Å². The zero-order chi connectivity index (χ0) is 9.68. The molecule has 0 bridgehead atoms. The number of nitriles is 1. The molecular weight excluding hydrogens is 178 g/mol. The smallest absolute Gasteiger partial charge is 0.138 e. The summed E-state index contributed by atoms with van der Waals surface area (Å²) in [6.45, 7) is 7.40. The number of benzene rings is 1. The van der Waals surface area contributed by atoms with Crippen molar-refractivity contribution >= 4 is 23.9 Å². The van der Waals surface area contributed by atoms with Gasteiger partial charge < -0.3 is 0 Å². The molecule has 0 unspecified atom stereocenters. The van der Waals surface area contributed by atoms with E-state index in [1.165, 1.54) is 0 Å². The number of rotatable bonds is 3. The molecule has 0 saturated heterocycles. The fourth-order valence-electron chi connectivity index (χ4n) is 1.03. The fourth-order valence-corrected chi connectivity index (χ4v) is 1.46. The van der Waals surface area contributed by atoms with Crippen molar-refractivity contribution in [3.63, 3.8) is 0 Å². The molecule has 0 radical (unpaired) electrons. The van der Waals surface area contributed by atoms with Crippen molar-refractivity contribution in [2.45, 2.75) is 4.90 Å². The zero-order valence-electron chi connectivity index (χ0n) is 7.16. The summed E-state index contributed by atoms with van der Waals surface area (Å²) in [4.78, 5) is 0.933. The van der Waals surface area contributed by atoms with Crippen molar-refractivity contribution in [2.75, 3.05) is 0 Å². The van der Waals surface area contributed by atoms with Crippen LogP contribution in [0.15, 0.2) is 36.3 Å². The largest absolute Gasteiger partial charge is 0.185 e. The van der Waals surface area contributed by atoms with E-state index in [0.717, 1.165) is 27.8 Å². The maximum atomic E-state index is 8.48. The summed E-state index contributed by atoms with van der Waals surface area (Å²) < 4.78 is 0. The Bertz CT molecular complexity index is 374. The summed E-state index contributed by atoms with van der Waals surface area (Å²) in [6.07, 6.45) is 3.54. The predicted molar refractivity (Wildman–Crippen MR) is 58.1 cm³/mol. The van der Waals surface area contributed by atoms with E-state index in [9.17, 15) is 0 Å². The summed E-state index contributed by atoms with van der Waals surface area (Å²) in [5.41, 5.74) is 2.05. The first-order valence-electron chi connectivity index (χ1n) is 3.76. The van der Waals surface area contributed by atoms with E-state index < -0.39 is 0 Å². The quantitative estimate of drug-likeness (QED) is 0.533. The highest BCUT2D eigenvalue weighted by Gasteiger charge is 1.98. The van der Waals surface area contributed by atoms with Crippen molar-refractivity contribution in [1.82, 2.24) is 0 Å². The van der Waals surface area contributed by atoms with Crippen LogP contribution >= 0.6 is 11.8 Å².